The van der Waals surface area contributed by atoms with Crippen LogP contribution in [-0.4, -0.2) is 0 Å². The van der Waals surface area contributed by atoms with Gasteiger partial charge in [0.25, 0.3) is 0 Å². The lowest BCUT2D eigenvalue weighted by Gasteiger charge is -2.26. The molecule has 0 bridgehead atoms. The molecule has 0 amide bonds. The van der Waals surface area contributed by atoms with Gasteiger partial charge < -0.3 is 0 Å². The van der Waals surface area contributed by atoms with E-state index >= 15 is 0 Å². The second-order valence-corrected chi connectivity index (χ2v) is 12.4. The van der Waals surface area contributed by atoms with Crippen molar-refractivity contribution < 1.29 is 0 Å². The van der Waals surface area contributed by atoms with Gasteiger partial charge in [0.15, 0.2) is 0 Å². The number of nitriles is 1. The van der Waals surface area contributed by atoms with Crippen LogP contribution in [0, 0.1) is 11.3 Å². The average Bonchev–Trinajstić information content (AvgIpc) is 2.97. The van der Waals surface area contributed by atoms with Gasteiger partial charge in [0.05, 0.1) is 11.6 Å². The van der Waals surface area contributed by atoms with Crippen molar-refractivity contribution in [1.82, 2.24) is 0 Å². The summed E-state index contributed by atoms with van der Waals surface area (Å²) in [5.74, 6) is 0. The Morgan fingerprint density at radius 3 is 1.52 bits per heavy atom. The summed E-state index contributed by atoms with van der Waals surface area (Å²) in [6, 6.07) is 45.6. The molecule has 0 fully saturated rings. The van der Waals surface area contributed by atoms with Crippen LogP contribution >= 0.6 is 0 Å². The molecule has 0 aliphatic heterocycles. The lowest BCUT2D eigenvalue weighted by molar-refractivity contribution is 0.522. The van der Waals surface area contributed by atoms with Gasteiger partial charge in [0.2, 0.25) is 0 Å². The third-order valence-electron chi connectivity index (χ3n) is 7.87. The molecular weight excluding hydrogens is 482 g/mol. The van der Waals surface area contributed by atoms with Crippen molar-refractivity contribution in [3.05, 3.63) is 144 Å². The van der Waals surface area contributed by atoms with Crippen LogP contribution in [0.5, 0.6) is 0 Å². The molecule has 0 radical (unpaired) electrons. The lowest BCUT2D eigenvalue weighted by atomic mass is 9.78. The largest absolute Gasteiger partial charge is 0.192 e. The molecule has 1 heteroatoms. The summed E-state index contributed by atoms with van der Waals surface area (Å²) in [5.41, 5.74) is 12.1. The van der Waals surface area contributed by atoms with Gasteiger partial charge in [0, 0.05) is 0 Å². The maximum absolute atomic E-state index is 9.12. The molecule has 0 aliphatic rings. The Labute approximate surface area is 239 Å². The predicted molar refractivity (Wildman–Crippen MR) is 169 cm³/mol. The minimum atomic E-state index is -0.0374. The molecule has 0 unspecified atom stereocenters. The first-order valence-corrected chi connectivity index (χ1v) is 14.0. The first kappa shape index (κ1) is 27.2. The van der Waals surface area contributed by atoms with E-state index in [0.29, 0.717) is 5.56 Å². The summed E-state index contributed by atoms with van der Waals surface area (Å²) >= 11 is 0. The zero-order chi connectivity index (χ0) is 28.3. The molecule has 0 heterocycles. The highest BCUT2D eigenvalue weighted by Gasteiger charge is 2.22. The molecule has 40 heavy (non-hydrogen) atoms. The highest BCUT2D eigenvalue weighted by molar-refractivity contribution is 5.71. The molecule has 1 nitrogen and oxygen atoms in total. The average molecular weight is 520 g/mol. The van der Waals surface area contributed by atoms with Crippen molar-refractivity contribution in [3.63, 3.8) is 0 Å². The van der Waals surface area contributed by atoms with E-state index in [9.17, 15) is 0 Å². The monoisotopic (exact) mass is 519 g/mol. The molecule has 198 valence electrons. The first-order valence-electron chi connectivity index (χ1n) is 14.0. The van der Waals surface area contributed by atoms with Crippen molar-refractivity contribution in [2.45, 2.75) is 51.9 Å². The highest BCUT2D eigenvalue weighted by Crippen LogP contribution is 2.33. The second-order valence-electron chi connectivity index (χ2n) is 12.4. The van der Waals surface area contributed by atoms with Gasteiger partial charge in [-0.25, -0.2) is 0 Å². The number of nitrogens with zero attached hydrogens (tertiary/aromatic N) is 1. The van der Waals surface area contributed by atoms with Gasteiger partial charge in [-0.1, -0.05) is 144 Å². The number of hydrogen-bond acceptors (Lipinski definition) is 1. The Balaban J connectivity index is 1.34. The topological polar surface area (TPSA) is 23.8 Å². The molecule has 0 N–H and O–H groups in total. The minimum Gasteiger partial charge on any atom is -0.192 e. The summed E-state index contributed by atoms with van der Waals surface area (Å²) in [6.45, 7) is 11.4. The van der Waals surface area contributed by atoms with Crippen LogP contribution in [0.3, 0.4) is 0 Å². The van der Waals surface area contributed by atoms with Crippen LogP contribution in [0.4, 0.5) is 0 Å². The van der Waals surface area contributed by atoms with Crippen molar-refractivity contribution in [1.29, 1.82) is 5.26 Å². The van der Waals surface area contributed by atoms with E-state index in [0.717, 1.165) is 12.0 Å². The fourth-order valence-corrected chi connectivity index (χ4v) is 5.35. The summed E-state index contributed by atoms with van der Waals surface area (Å²) in [6.07, 6.45) is 0.940. The van der Waals surface area contributed by atoms with Gasteiger partial charge in [-0.3, -0.25) is 0 Å². The molecule has 0 aromatic heterocycles. The van der Waals surface area contributed by atoms with Crippen LogP contribution in [0.15, 0.2) is 121 Å². The Bertz CT molecular complexity index is 1640. The minimum absolute atomic E-state index is 0.0374. The number of hydrogen-bond donors (Lipinski definition) is 0. The third kappa shape index (κ3) is 6.08. The Morgan fingerprint density at radius 2 is 0.975 bits per heavy atom. The van der Waals surface area contributed by atoms with Crippen molar-refractivity contribution in [3.8, 4) is 39.4 Å². The van der Waals surface area contributed by atoms with E-state index in [1.807, 2.05) is 24.3 Å². The summed E-state index contributed by atoms with van der Waals surface area (Å²) in [5, 5.41) is 9.12. The van der Waals surface area contributed by atoms with Crippen LogP contribution in [-0.2, 0) is 17.3 Å². The predicted octanol–water partition coefficient (Wildman–Crippen LogP) is 10.4. The zero-order valence-electron chi connectivity index (χ0n) is 24.2. The van der Waals surface area contributed by atoms with Crippen LogP contribution in [0.1, 0.15) is 56.9 Å². The van der Waals surface area contributed by atoms with E-state index in [4.69, 9.17) is 5.26 Å². The van der Waals surface area contributed by atoms with Gasteiger partial charge >= 0.3 is 0 Å². The van der Waals surface area contributed by atoms with E-state index in [-0.39, 0.29) is 10.8 Å². The summed E-state index contributed by atoms with van der Waals surface area (Å²) in [7, 11) is 0. The van der Waals surface area contributed by atoms with Gasteiger partial charge in [-0.2, -0.15) is 5.26 Å². The molecule has 0 spiro atoms. The van der Waals surface area contributed by atoms with Gasteiger partial charge in [-0.05, 0) is 79.5 Å². The molecule has 0 atom stereocenters. The quantitative estimate of drug-likeness (QED) is 0.219. The maximum Gasteiger partial charge on any atom is 0.0991 e. The SMILES string of the molecule is CC(C)(C)c1ccc(-c2ccc(-c3cccc(CC(C)(C)c4cccc(-c5ccc(C#N)cc5)c4)c3)cc2)cc1. The van der Waals surface area contributed by atoms with Crippen LogP contribution in [0.2, 0.25) is 0 Å². The highest BCUT2D eigenvalue weighted by atomic mass is 14.3. The Kier molecular flexibility index (Phi) is 7.46. The Morgan fingerprint density at radius 1 is 0.500 bits per heavy atom. The van der Waals surface area contributed by atoms with Crippen molar-refractivity contribution in [2.24, 2.45) is 0 Å². The van der Waals surface area contributed by atoms with Crippen molar-refractivity contribution in [2.75, 3.05) is 0 Å². The molecule has 5 aromatic carbocycles. The summed E-state index contributed by atoms with van der Waals surface area (Å²) < 4.78 is 0. The standard InChI is InChI=1S/C39H37N/c1-38(2,3)36-22-20-31(21-23-36)30-16-18-33(19-17-30)34-9-6-8-29(24-34)26-39(4,5)37-11-7-10-35(25-37)32-14-12-28(27-40)13-15-32/h6-25H,26H2,1-5H3. The third-order valence-corrected chi connectivity index (χ3v) is 7.87. The van der Waals surface area contributed by atoms with E-state index < -0.39 is 0 Å². The maximum atomic E-state index is 9.12. The smallest absolute Gasteiger partial charge is 0.0991 e. The summed E-state index contributed by atoms with van der Waals surface area (Å²) in [4.78, 5) is 0. The molecule has 0 saturated carbocycles. The van der Waals surface area contributed by atoms with E-state index in [1.54, 1.807) is 0 Å². The normalized spacial score (nSPS) is 11.7. The Hall–Kier alpha value is -4.41. The molecule has 0 saturated heterocycles. The molecular formula is C39H37N. The second kappa shape index (κ2) is 11.0. The van der Waals surface area contributed by atoms with Crippen LogP contribution in [0.25, 0.3) is 33.4 Å². The molecule has 0 aliphatic carbocycles. The van der Waals surface area contributed by atoms with Gasteiger partial charge in [-0.15, -0.1) is 0 Å². The van der Waals surface area contributed by atoms with Crippen LogP contribution < -0.4 is 0 Å². The molecule has 5 aromatic rings. The van der Waals surface area contributed by atoms with E-state index in [1.165, 1.54) is 44.5 Å². The van der Waals surface area contributed by atoms with Gasteiger partial charge in [0.1, 0.15) is 0 Å². The first-order chi connectivity index (χ1) is 19.1. The van der Waals surface area contributed by atoms with E-state index in [2.05, 4.69) is 138 Å². The fraction of sp³-hybridized carbons (Fsp3) is 0.205. The molecule has 5 rings (SSSR count). The number of benzene rings is 5. The number of rotatable bonds is 6. The lowest BCUT2D eigenvalue weighted by Crippen LogP contribution is -2.20. The fourth-order valence-electron chi connectivity index (χ4n) is 5.35. The zero-order valence-corrected chi connectivity index (χ0v) is 24.2. The van der Waals surface area contributed by atoms with Crippen molar-refractivity contribution >= 4 is 0 Å².